The molecule has 0 saturated carbocycles. The van der Waals surface area contributed by atoms with Gasteiger partial charge in [-0.25, -0.2) is 4.79 Å². The average Bonchev–Trinajstić information content (AvgIpc) is 2.69. The molecule has 0 radical (unpaired) electrons. The van der Waals surface area contributed by atoms with Crippen LogP contribution < -0.4 is 0 Å². The SMILES string of the molecule is CC#CCCCC(=O)ON1C(=O)c2ccccc2C1=O. The predicted molar refractivity (Wildman–Crippen MR) is 70.3 cm³/mol. The van der Waals surface area contributed by atoms with Crippen LogP contribution in [0.1, 0.15) is 46.9 Å². The first-order chi connectivity index (χ1) is 9.65. The fraction of sp³-hybridized carbons (Fsp3) is 0.267. The van der Waals surface area contributed by atoms with Crippen LogP contribution in [-0.4, -0.2) is 22.8 Å². The second kappa shape index (κ2) is 6.02. The summed E-state index contributed by atoms with van der Waals surface area (Å²) in [5.74, 6) is 3.72. The van der Waals surface area contributed by atoms with E-state index >= 15 is 0 Å². The number of amides is 2. The van der Waals surface area contributed by atoms with Crippen molar-refractivity contribution in [2.75, 3.05) is 0 Å². The average molecular weight is 271 g/mol. The fourth-order valence-electron chi connectivity index (χ4n) is 1.84. The van der Waals surface area contributed by atoms with Crippen molar-refractivity contribution in [3.63, 3.8) is 0 Å². The van der Waals surface area contributed by atoms with Crippen molar-refractivity contribution >= 4 is 17.8 Å². The van der Waals surface area contributed by atoms with E-state index in [4.69, 9.17) is 4.84 Å². The molecule has 20 heavy (non-hydrogen) atoms. The molecule has 0 N–H and O–H groups in total. The van der Waals surface area contributed by atoms with E-state index in [2.05, 4.69) is 11.8 Å². The Morgan fingerprint density at radius 1 is 1.20 bits per heavy atom. The predicted octanol–water partition coefficient (Wildman–Crippen LogP) is 1.93. The number of benzene rings is 1. The highest BCUT2D eigenvalue weighted by atomic mass is 16.7. The van der Waals surface area contributed by atoms with Crippen molar-refractivity contribution in [1.82, 2.24) is 5.06 Å². The Kier molecular flexibility index (Phi) is 4.16. The van der Waals surface area contributed by atoms with Gasteiger partial charge < -0.3 is 4.84 Å². The van der Waals surface area contributed by atoms with Gasteiger partial charge in [0.05, 0.1) is 11.1 Å². The van der Waals surface area contributed by atoms with Crippen molar-refractivity contribution < 1.29 is 19.2 Å². The zero-order valence-corrected chi connectivity index (χ0v) is 11.0. The summed E-state index contributed by atoms with van der Waals surface area (Å²) in [6.07, 6.45) is 1.22. The van der Waals surface area contributed by atoms with Crippen LogP contribution in [0.25, 0.3) is 0 Å². The summed E-state index contributed by atoms with van der Waals surface area (Å²) in [6, 6.07) is 6.36. The van der Waals surface area contributed by atoms with Gasteiger partial charge in [0.15, 0.2) is 0 Å². The summed E-state index contributed by atoms with van der Waals surface area (Å²) in [4.78, 5) is 40.3. The molecule has 0 unspecified atom stereocenters. The lowest BCUT2D eigenvalue weighted by Crippen LogP contribution is -2.32. The van der Waals surface area contributed by atoms with Crippen LogP contribution in [0.15, 0.2) is 24.3 Å². The number of unbranched alkanes of at least 4 members (excludes halogenated alkanes) is 1. The van der Waals surface area contributed by atoms with Crippen molar-refractivity contribution in [3.05, 3.63) is 35.4 Å². The molecule has 2 rings (SSSR count). The molecule has 5 nitrogen and oxygen atoms in total. The van der Waals surface area contributed by atoms with E-state index in [0.29, 0.717) is 17.9 Å². The Morgan fingerprint density at radius 2 is 1.80 bits per heavy atom. The van der Waals surface area contributed by atoms with Crippen LogP contribution >= 0.6 is 0 Å². The fourth-order valence-corrected chi connectivity index (χ4v) is 1.84. The Balaban J connectivity index is 1.98. The van der Waals surface area contributed by atoms with Gasteiger partial charge >= 0.3 is 5.97 Å². The largest absolute Gasteiger partial charge is 0.333 e. The van der Waals surface area contributed by atoms with E-state index in [1.54, 1.807) is 19.1 Å². The Hall–Kier alpha value is -2.61. The van der Waals surface area contributed by atoms with Gasteiger partial charge in [0.1, 0.15) is 0 Å². The van der Waals surface area contributed by atoms with Crippen LogP contribution in [0.4, 0.5) is 0 Å². The van der Waals surface area contributed by atoms with Crippen LogP contribution in [-0.2, 0) is 9.63 Å². The van der Waals surface area contributed by atoms with Crippen LogP contribution in [0.5, 0.6) is 0 Å². The molecular weight excluding hydrogens is 258 g/mol. The van der Waals surface area contributed by atoms with E-state index < -0.39 is 17.8 Å². The molecule has 1 aromatic carbocycles. The van der Waals surface area contributed by atoms with Crippen molar-refractivity contribution in [2.45, 2.75) is 26.2 Å². The topological polar surface area (TPSA) is 63.7 Å². The lowest BCUT2D eigenvalue weighted by Gasteiger charge is -2.12. The van der Waals surface area contributed by atoms with E-state index in [-0.39, 0.29) is 17.5 Å². The first kappa shape index (κ1) is 13.8. The highest BCUT2D eigenvalue weighted by Gasteiger charge is 2.38. The molecule has 1 aliphatic heterocycles. The number of hydrogen-bond donors (Lipinski definition) is 0. The monoisotopic (exact) mass is 271 g/mol. The molecule has 2 amide bonds. The molecule has 102 valence electrons. The van der Waals surface area contributed by atoms with Gasteiger partial charge in [-0.1, -0.05) is 17.2 Å². The molecule has 0 saturated heterocycles. The van der Waals surface area contributed by atoms with E-state index in [1.165, 1.54) is 12.1 Å². The highest BCUT2D eigenvalue weighted by molar-refractivity contribution is 6.20. The van der Waals surface area contributed by atoms with Gasteiger partial charge in [-0.05, 0) is 25.5 Å². The quantitative estimate of drug-likeness (QED) is 0.477. The number of imide groups is 1. The van der Waals surface area contributed by atoms with E-state index in [1.807, 2.05) is 0 Å². The normalized spacial score (nSPS) is 12.8. The molecule has 0 spiro atoms. The molecular formula is C15H13NO4. The Labute approximate surface area is 116 Å². The van der Waals surface area contributed by atoms with Gasteiger partial charge in [-0.2, -0.15) is 0 Å². The first-order valence-corrected chi connectivity index (χ1v) is 6.23. The van der Waals surface area contributed by atoms with Crippen LogP contribution in [0.3, 0.4) is 0 Å². The van der Waals surface area contributed by atoms with Crippen molar-refractivity contribution in [3.8, 4) is 11.8 Å². The number of nitrogens with zero attached hydrogens (tertiary/aromatic N) is 1. The van der Waals surface area contributed by atoms with E-state index in [9.17, 15) is 14.4 Å². The summed E-state index contributed by atoms with van der Waals surface area (Å²) in [5.41, 5.74) is 0.504. The second-order valence-electron chi connectivity index (χ2n) is 4.19. The maximum Gasteiger partial charge on any atom is 0.333 e. The zero-order chi connectivity index (χ0) is 14.5. The van der Waals surface area contributed by atoms with Gasteiger partial charge in [-0.15, -0.1) is 11.8 Å². The maximum atomic E-state index is 11.9. The number of hydrogen-bond acceptors (Lipinski definition) is 4. The molecule has 1 heterocycles. The van der Waals surface area contributed by atoms with Gasteiger partial charge in [0.25, 0.3) is 11.8 Å². The van der Waals surface area contributed by atoms with Gasteiger partial charge in [0.2, 0.25) is 0 Å². The molecule has 0 aliphatic carbocycles. The molecule has 0 fully saturated rings. The van der Waals surface area contributed by atoms with Crippen molar-refractivity contribution in [1.29, 1.82) is 0 Å². The Morgan fingerprint density at radius 3 is 2.35 bits per heavy atom. The van der Waals surface area contributed by atoms with Gasteiger partial charge in [-0.3, -0.25) is 9.59 Å². The number of hydroxylamine groups is 2. The minimum atomic E-state index is -0.614. The molecule has 1 aromatic rings. The van der Waals surface area contributed by atoms with Crippen LogP contribution in [0, 0.1) is 11.8 Å². The summed E-state index contributed by atoms with van der Waals surface area (Å²) in [6.45, 7) is 1.72. The number of carbonyl (C=O) groups excluding carboxylic acids is 3. The summed E-state index contributed by atoms with van der Waals surface area (Å²) in [5, 5.41) is 0.526. The Bertz CT molecular complexity index is 589. The van der Waals surface area contributed by atoms with E-state index in [0.717, 1.165) is 0 Å². The molecule has 0 bridgehead atoms. The highest BCUT2D eigenvalue weighted by Crippen LogP contribution is 2.22. The lowest BCUT2D eigenvalue weighted by atomic mass is 10.1. The number of carbonyl (C=O) groups is 3. The lowest BCUT2D eigenvalue weighted by molar-refractivity contribution is -0.168. The third kappa shape index (κ3) is 2.69. The third-order valence-electron chi connectivity index (χ3n) is 2.81. The molecule has 0 aromatic heterocycles. The molecule has 1 aliphatic rings. The number of rotatable bonds is 4. The van der Waals surface area contributed by atoms with Gasteiger partial charge in [0, 0.05) is 12.8 Å². The second-order valence-corrected chi connectivity index (χ2v) is 4.19. The molecule has 5 heteroatoms. The zero-order valence-electron chi connectivity index (χ0n) is 11.0. The summed E-state index contributed by atoms with van der Waals surface area (Å²) in [7, 11) is 0. The van der Waals surface area contributed by atoms with Crippen molar-refractivity contribution in [2.24, 2.45) is 0 Å². The summed E-state index contributed by atoms with van der Waals surface area (Å²) >= 11 is 0. The molecule has 0 atom stereocenters. The summed E-state index contributed by atoms with van der Waals surface area (Å²) < 4.78 is 0. The smallest absolute Gasteiger partial charge is 0.330 e. The number of fused-ring (bicyclic) bond motifs is 1. The first-order valence-electron chi connectivity index (χ1n) is 6.23. The third-order valence-corrected chi connectivity index (χ3v) is 2.81. The maximum absolute atomic E-state index is 11.9. The standard InChI is InChI=1S/C15H13NO4/c1-2-3-4-5-10-13(17)20-16-14(18)11-8-6-7-9-12(11)15(16)19/h6-9H,4-5,10H2,1H3. The minimum absolute atomic E-state index is 0.113. The van der Waals surface area contributed by atoms with Crippen LogP contribution in [0.2, 0.25) is 0 Å². The minimum Gasteiger partial charge on any atom is -0.330 e.